The van der Waals surface area contributed by atoms with Crippen LogP contribution in [-0.2, 0) is 4.79 Å². The second-order valence-corrected chi connectivity index (χ2v) is 5.88. The number of nitrogens with one attached hydrogen (secondary N) is 1. The van der Waals surface area contributed by atoms with Crippen LogP contribution >= 0.6 is 0 Å². The van der Waals surface area contributed by atoms with E-state index >= 15 is 0 Å². The van der Waals surface area contributed by atoms with Gasteiger partial charge in [0.2, 0.25) is 5.91 Å². The minimum absolute atomic E-state index is 0.143. The molecule has 7 heteroatoms. The van der Waals surface area contributed by atoms with Crippen LogP contribution in [0.15, 0.2) is 6.07 Å². The zero-order chi connectivity index (χ0) is 16.1. The molecule has 0 atom stereocenters. The minimum Gasteiger partial charge on any atom is -0.369 e. The Morgan fingerprint density at radius 1 is 1.27 bits per heavy atom. The van der Waals surface area contributed by atoms with Gasteiger partial charge in [0.25, 0.3) is 0 Å². The van der Waals surface area contributed by atoms with Crippen molar-refractivity contribution in [1.29, 1.82) is 0 Å². The van der Waals surface area contributed by atoms with Crippen molar-refractivity contribution in [3.63, 3.8) is 0 Å². The first-order chi connectivity index (χ1) is 10.5. The molecule has 1 saturated heterocycles. The second kappa shape index (κ2) is 7.40. The SMILES string of the molecule is CC(=O)N1CCN(c2cc(NCCN(C)C)nc(C)n2)CC1. The van der Waals surface area contributed by atoms with Crippen LogP contribution in [-0.4, -0.2) is 79.0 Å². The highest BCUT2D eigenvalue weighted by Gasteiger charge is 2.20. The number of carbonyl (C=O) groups excluding carboxylic acids is 1. The van der Waals surface area contributed by atoms with Gasteiger partial charge in [-0.3, -0.25) is 4.79 Å². The van der Waals surface area contributed by atoms with Crippen LogP contribution in [0.25, 0.3) is 0 Å². The number of amides is 1. The van der Waals surface area contributed by atoms with Crippen LogP contribution in [0, 0.1) is 6.92 Å². The number of aromatic nitrogens is 2. The van der Waals surface area contributed by atoms with Crippen molar-refractivity contribution >= 4 is 17.5 Å². The first kappa shape index (κ1) is 16.5. The van der Waals surface area contributed by atoms with E-state index in [1.54, 1.807) is 6.92 Å². The molecule has 0 unspecified atom stereocenters. The predicted molar refractivity (Wildman–Crippen MR) is 88.3 cm³/mol. The van der Waals surface area contributed by atoms with E-state index in [2.05, 4.69) is 25.1 Å². The van der Waals surface area contributed by atoms with E-state index < -0.39 is 0 Å². The van der Waals surface area contributed by atoms with Gasteiger partial charge in [-0.2, -0.15) is 0 Å². The van der Waals surface area contributed by atoms with Crippen molar-refractivity contribution in [2.75, 3.05) is 63.6 Å². The van der Waals surface area contributed by atoms with Crippen LogP contribution in [0.1, 0.15) is 12.7 Å². The van der Waals surface area contributed by atoms with Gasteiger partial charge in [0.15, 0.2) is 0 Å². The Bertz CT molecular complexity index is 511. The number of rotatable bonds is 5. The first-order valence-corrected chi connectivity index (χ1v) is 7.70. The van der Waals surface area contributed by atoms with Crippen LogP contribution in [0.2, 0.25) is 0 Å². The van der Waals surface area contributed by atoms with E-state index in [9.17, 15) is 4.79 Å². The Kier molecular flexibility index (Phi) is 5.54. The van der Waals surface area contributed by atoms with Crippen molar-refractivity contribution in [3.05, 3.63) is 11.9 Å². The lowest BCUT2D eigenvalue weighted by atomic mass is 10.3. The molecule has 22 heavy (non-hydrogen) atoms. The van der Waals surface area contributed by atoms with E-state index in [1.807, 2.05) is 32.0 Å². The Labute approximate surface area is 132 Å². The van der Waals surface area contributed by atoms with Gasteiger partial charge in [-0.25, -0.2) is 9.97 Å². The summed E-state index contributed by atoms with van der Waals surface area (Å²) in [6.45, 7) is 8.46. The van der Waals surface area contributed by atoms with Crippen molar-refractivity contribution in [3.8, 4) is 0 Å². The highest BCUT2D eigenvalue weighted by molar-refractivity contribution is 5.73. The van der Waals surface area contributed by atoms with Crippen LogP contribution < -0.4 is 10.2 Å². The third kappa shape index (κ3) is 4.56. The number of piperazine rings is 1. The fourth-order valence-electron chi connectivity index (χ4n) is 2.46. The molecule has 0 saturated carbocycles. The van der Waals surface area contributed by atoms with Gasteiger partial charge in [-0.1, -0.05) is 0 Å². The third-order valence-electron chi connectivity index (χ3n) is 3.74. The number of carbonyl (C=O) groups is 1. The fraction of sp³-hybridized carbons (Fsp3) is 0.667. The number of likely N-dealkylation sites (N-methyl/N-ethyl adjacent to an activating group) is 1. The molecule has 1 fully saturated rings. The van der Waals surface area contributed by atoms with Crippen LogP contribution in [0.5, 0.6) is 0 Å². The average Bonchev–Trinajstić information content (AvgIpc) is 2.46. The highest BCUT2D eigenvalue weighted by Crippen LogP contribution is 2.17. The van der Waals surface area contributed by atoms with Gasteiger partial charge < -0.3 is 20.0 Å². The Hall–Kier alpha value is -1.89. The number of hydrogen-bond acceptors (Lipinski definition) is 6. The normalized spacial score (nSPS) is 15.3. The van der Waals surface area contributed by atoms with E-state index in [-0.39, 0.29) is 5.91 Å². The maximum Gasteiger partial charge on any atom is 0.219 e. The molecule has 0 bridgehead atoms. The van der Waals surface area contributed by atoms with E-state index in [0.717, 1.165) is 56.7 Å². The molecule has 2 heterocycles. The molecule has 0 aliphatic carbocycles. The number of hydrogen-bond donors (Lipinski definition) is 1. The smallest absolute Gasteiger partial charge is 0.219 e. The molecule has 2 rings (SSSR count). The van der Waals surface area contributed by atoms with Gasteiger partial charge in [0.05, 0.1) is 0 Å². The Morgan fingerprint density at radius 3 is 2.55 bits per heavy atom. The summed E-state index contributed by atoms with van der Waals surface area (Å²) in [6, 6.07) is 1.99. The third-order valence-corrected chi connectivity index (χ3v) is 3.74. The Balaban J connectivity index is 1.99. The topological polar surface area (TPSA) is 64.6 Å². The standard InChI is InChI=1S/C15H26N6O/c1-12-17-14(16-5-6-19(3)4)11-15(18-12)21-9-7-20(8-10-21)13(2)22/h11H,5-10H2,1-4H3,(H,16,17,18). The summed E-state index contributed by atoms with van der Waals surface area (Å²) in [5.74, 6) is 2.70. The number of nitrogens with zero attached hydrogens (tertiary/aromatic N) is 5. The summed E-state index contributed by atoms with van der Waals surface area (Å²) >= 11 is 0. The van der Waals surface area contributed by atoms with Crippen molar-refractivity contribution in [2.24, 2.45) is 0 Å². The zero-order valence-corrected chi connectivity index (χ0v) is 14.0. The molecule has 1 aliphatic rings. The molecule has 0 aromatic carbocycles. The van der Waals surface area contributed by atoms with Gasteiger partial charge in [-0.15, -0.1) is 0 Å². The number of aryl methyl sites for hydroxylation is 1. The molecular weight excluding hydrogens is 280 g/mol. The highest BCUT2D eigenvalue weighted by atomic mass is 16.2. The molecule has 1 aromatic heterocycles. The van der Waals surface area contributed by atoms with Gasteiger partial charge in [0.1, 0.15) is 17.5 Å². The average molecular weight is 306 g/mol. The van der Waals surface area contributed by atoms with Crippen molar-refractivity contribution in [2.45, 2.75) is 13.8 Å². The quantitative estimate of drug-likeness (QED) is 0.851. The fourth-order valence-corrected chi connectivity index (χ4v) is 2.46. The molecule has 1 N–H and O–H groups in total. The lowest BCUT2D eigenvalue weighted by Crippen LogP contribution is -2.48. The molecule has 0 spiro atoms. The Morgan fingerprint density at radius 2 is 1.95 bits per heavy atom. The van der Waals surface area contributed by atoms with E-state index in [1.165, 1.54) is 0 Å². The molecule has 1 aromatic rings. The van der Waals surface area contributed by atoms with Crippen molar-refractivity contribution < 1.29 is 4.79 Å². The summed E-state index contributed by atoms with van der Waals surface area (Å²) < 4.78 is 0. The lowest BCUT2D eigenvalue weighted by Gasteiger charge is -2.35. The lowest BCUT2D eigenvalue weighted by molar-refractivity contribution is -0.129. The largest absolute Gasteiger partial charge is 0.369 e. The molecular formula is C15H26N6O. The molecule has 1 aliphatic heterocycles. The molecule has 1 amide bonds. The maximum atomic E-state index is 11.4. The summed E-state index contributed by atoms with van der Waals surface area (Å²) in [5.41, 5.74) is 0. The zero-order valence-electron chi connectivity index (χ0n) is 14.0. The summed E-state index contributed by atoms with van der Waals surface area (Å²) in [6.07, 6.45) is 0. The molecule has 0 radical (unpaired) electrons. The van der Waals surface area contributed by atoms with Crippen LogP contribution in [0.3, 0.4) is 0 Å². The summed E-state index contributed by atoms with van der Waals surface area (Å²) in [5, 5.41) is 3.34. The van der Waals surface area contributed by atoms with Crippen molar-refractivity contribution in [1.82, 2.24) is 19.8 Å². The monoisotopic (exact) mass is 306 g/mol. The maximum absolute atomic E-state index is 11.4. The van der Waals surface area contributed by atoms with E-state index in [4.69, 9.17) is 0 Å². The number of anilines is 2. The van der Waals surface area contributed by atoms with Crippen LogP contribution in [0.4, 0.5) is 11.6 Å². The molecule has 7 nitrogen and oxygen atoms in total. The molecule has 122 valence electrons. The second-order valence-electron chi connectivity index (χ2n) is 5.88. The summed E-state index contributed by atoms with van der Waals surface area (Å²) in [7, 11) is 4.10. The van der Waals surface area contributed by atoms with Gasteiger partial charge in [0, 0.05) is 52.3 Å². The van der Waals surface area contributed by atoms with Gasteiger partial charge >= 0.3 is 0 Å². The predicted octanol–water partition coefficient (Wildman–Crippen LogP) is 0.427. The summed E-state index contributed by atoms with van der Waals surface area (Å²) in [4.78, 5) is 26.6. The minimum atomic E-state index is 0.143. The van der Waals surface area contributed by atoms with E-state index in [0.29, 0.717) is 0 Å². The van der Waals surface area contributed by atoms with Gasteiger partial charge in [-0.05, 0) is 21.0 Å². The first-order valence-electron chi connectivity index (χ1n) is 7.70.